The van der Waals surface area contributed by atoms with Crippen LogP contribution in [0.5, 0.6) is 0 Å². The molecule has 1 heterocycles. The van der Waals surface area contributed by atoms with E-state index in [0.29, 0.717) is 25.6 Å². The summed E-state index contributed by atoms with van der Waals surface area (Å²) in [5, 5.41) is 10.4. The molecule has 1 N–H and O–H groups in total. The van der Waals surface area contributed by atoms with Gasteiger partial charge in [0, 0.05) is 25.6 Å². The first-order valence-corrected chi connectivity index (χ1v) is 6.80. The van der Waals surface area contributed by atoms with E-state index in [1.165, 1.54) is 5.38 Å². The minimum Gasteiger partial charge on any atom is -0.476 e. The van der Waals surface area contributed by atoms with Crippen LogP contribution < -0.4 is 0 Å². The van der Waals surface area contributed by atoms with Gasteiger partial charge >= 0.3 is 5.97 Å². The number of carboxylic acid groups (broad SMARTS) is 1. The first kappa shape index (κ1) is 15.6. The van der Waals surface area contributed by atoms with Crippen LogP contribution in [0.4, 0.5) is 0 Å². The SMILES string of the molecule is COCCN(CC(C)C)C(=O)c1nc(C(=O)O)cs1. The van der Waals surface area contributed by atoms with Crippen LogP contribution in [0.1, 0.15) is 34.1 Å². The van der Waals surface area contributed by atoms with E-state index < -0.39 is 5.97 Å². The lowest BCUT2D eigenvalue weighted by molar-refractivity contribution is 0.0670. The van der Waals surface area contributed by atoms with Gasteiger partial charge in [0.2, 0.25) is 0 Å². The second kappa shape index (κ2) is 7.20. The lowest BCUT2D eigenvalue weighted by atomic mass is 10.2. The Balaban J connectivity index is 2.81. The maximum Gasteiger partial charge on any atom is 0.355 e. The monoisotopic (exact) mass is 286 g/mol. The van der Waals surface area contributed by atoms with Gasteiger partial charge in [-0.05, 0) is 5.92 Å². The van der Waals surface area contributed by atoms with Crippen molar-refractivity contribution in [2.24, 2.45) is 5.92 Å². The molecule has 0 spiro atoms. The summed E-state index contributed by atoms with van der Waals surface area (Å²) in [6.07, 6.45) is 0. The number of nitrogens with zero attached hydrogens (tertiary/aromatic N) is 2. The van der Waals surface area contributed by atoms with Crippen molar-refractivity contribution in [1.29, 1.82) is 0 Å². The average molecular weight is 286 g/mol. The van der Waals surface area contributed by atoms with Crippen molar-refractivity contribution in [1.82, 2.24) is 9.88 Å². The molecule has 0 saturated heterocycles. The highest BCUT2D eigenvalue weighted by atomic mass is 32.1. The third kappa shape index (κ3) is 4.60. The summed E-state index contributed by atoms with van der Waals surface area (Å²) in [7, 11) is 1.57. The Morgan fingerprint density at radius 3 is 2.68 bits per heavy atom. The summed E-state index contributed by atoms with van der Waals surface area (Å²) in [5.41, 5.74) is -0.0930. The van der Waals surface area contributed by atoms with Crippen molar-refractivity contribution in [3.05, 3.63) is 16.1 Å². The number of carbonyl (C=O) groups excluding carboxylic acids is 1. The average Bonchev–Trinajstić information content (AvgIpc) is 2.82. The van der Waals surface area contributed by atoms with E-state index in [1.54, 1.807) is 12.0 Å². The molecule has 1 rings (SSSR count). The molecule has 1 aromatic rings. The van der Waals surface area contributed by atoms with Gasteiger partial charge in [-0.1, -0.05) is 13.8 Å². The van der Waals surface area contributed by atoms with E-state index in [0.717, 1.165) is 11.3 Å². The summed E-state index contributed by atoms with van der Waals surface area (Å²) >= 11 is 1.05. The summed E-state index contributed by atoms with van der Waals surface area (Å²) in [5.74, 6) is -1.05. The molecule has 0 aromatic carbocycles. The molecule has 1 aromatic heterocycles. The first-order chi connectivity index (χ1) is 8.95. The van der Waals surface area contributed by atoms with E-state index in [2.05, 4.69) is 4.98 Å². The Bertz CT molecular complexity index is 445. The number of amides is 1. The maximum atomic E-state index is 12.2. The van der Waals surface area contributed by atoms with E-state index in [-0.39, 0.29) is 16.6 Å². The first-order valence-electron chi connectivity index (χ1n) is 5.92. The van der Waals surface area contributed by atoms with Gasteiger partial charge in [0.05, 0.1) is 6.61 Å². The predicted octanol–water partition coefficient (Wildman–Crippen LogP) is 1.59. The Morgan fingerprint density at radius 1 is 1.53 bits per heavy atom. The highest BCUT2D eigenvalue weighted by molar-refractivity contribution is 7.11. The number of carboxylic acids is 1. The number of rotatable bonds is 7. The van der Waals surface area contributed by atoms with Crippen molar-refractivity contribution in [3.63, 3.8) is 0 Å². The molecule has 0 radical (unpaired) electrons. The Labute approximate surface area is 116 Å². The number of ether oxygens (including phenoxy) is 1. The molecule has 0 aliphatic heterocycles. The molecule has 7 heteroatoms. The van der Waals surface area contributed by atoms with Gasteiger partial charge < -0.3 is 14.7 Å². The highest BCUT2D eigenvalue weighted by Crippen LogP contribution is 2.13. The largest absolute Gasteiger partial charge is 0.476 e. The fourth-order valence-corrected chi connectivity index (χ4v) is 2.28. The normalized spacial score (nSPS) is 10.7. The van der Waals surface area contributed by atoms with E-state index >= 15 is 0 Å². The topological polar surface area (TPSA) is 79.7 Å². The summed E-state index contributed by atoms with van der Waals surface area (Å²) in [6, 6.07) is 0. The molecule has 0 unspecified atom stereocenters. The second-order valence-corrected chi connectivity index (χ2v) is 5.34. The van der Waals surface area contributed by atoms with Crippen LogP contribution in [-0.2, 0) is 4.74 Å². The van der Waals surface area contributed by atoms with Gasteiger partial charge in [-0.15, -0.1) is 11.3 Å². The molecule has 0 fully saturated rings. The molecule has 19 heavy (non-hydrogen) atoms. The number of hydrogen-bond acceptors (Lipinski definition) is 5. The molecule has 1 amide bonds. The Morgan fingerprint density at radius 2 is 2.21 bits per heavy atom. The molecular formula is C12H18N2O4S. The molecule has 0 saturated carbocycles. The van der Waals surface area contributed by atoms with E-state index in [9.17, 15) is 9.59 Å². The van der Waals surface area contributed by atoms with Crippen molar-refractivity contribution in [2.45, 2.75) is 13.8 Å². The molecule has 0 aliphatic rings. The third-order valence-corrected chi connectivity index (χ3v) is 3.17. The number of hydrogen-bond donors (Lipinski definition) is 1. The zero-order valence-corrected chi connectivity index (χ0v) is 12.1. The maximum absolute atomic E-state index is 12.2. The Hall–Kier alpha value is -1.47. The molecule has 0 bridgehead atoms. The molecule has 6 nitrogen and oxygen atoms in total. The van der Waals surface area contributed by atoms with Crippen molar-refractivity contribution in [3.8, 4) is 0 Å². The van der Waals surface area contributed by atoms with Gasteiger partial charge in [0.25, 0.3) is 5.91 Å². The number of thiazole rings is 1. The van der Waals surface area contributed by atoms with Gasteiger partial charge in [-0.25, -0.2) is 9.78 Å². The number of methoxy groups -OCH3 is 1. The number of aromatic carboxylic acids is 1. The zero-order valence-electron chi connectivity index (χ0n) is 11.3. The quantitative estimate of drug-likeness (QED) is 0.823. The van der Waals surface area contributed by atoms with Crippen LogP contribution in [0.25, 0.3) is 0 Å². The van der Waals surface area contributed by atoms with Crippen LogP contribution >= 0.6 is 11.3 Å². The fraction of sp³-hybridized carbons (Fsp3) is 0.583. The van der Waals surface area contributed by atoms with Gasteiger partial charge in [-0.2, -0.15) is 0 Å². The van der Waals surface area contributed by atoms with E-state index in [1.807, 2.05) is 13.8 Å². The molecule has 0 atom stereocenters. The van der Waals surface area contributed by atoms with Crippen molar-refractivity contribution < 1.29 is 19.4 Å². The molecular weight excluding hydrogens is 268 g/mol. The fourth-order valence-electron chi connectivity index (χ4n) is 1.52. The highest BCUT2D eigenvalue weighted by Gasteiger charge is 2.21. The standard InChI is InChI=1S/C12H18N2O4S/c1-8(2)6-14(4-5-18-3)11(15)10-13-9(7-19-10)12(16)17/h7-8H,4-6H2,1-3H3,(H,16,17). The minimum atomic E-state index is -1.12. The van der Waals surface area contributed by atoms with Gasteiger partial charge in [0.15, 0.2) is 10.7 Å². The van der Waals surface area contributed by atoms with Crippen LogP contribution in [0.2, 0.25) is 0 Å². The Kier molecular flexibility index (Phi) is 5.91. The van der Waals surface area contributed by atoms with Crippen LogP contribution in [0.3, 0.4) is 0 Å². The third-order valence-electron chi connectivity index (χ3n) is 2.34. The second-order valence-electron chi connectivity index (χ2n) is 4.48. The smallest absolute Gasteiger partial charge is 0.355 e. The van der Waals surface area contributed by atoms with Crippen LogP contribution in [0, 0.1) is 5.92 Å². The number of carbonyl (C=O) groups is 2. The van der Waals surface area contributed by atoms with Gasteiger partial charge in [-0.3, -0.25) is 4.79 Å². The van der Waals surface area contributed by atoms with Crippen molar-refractivity contribution >= 4 is 23.2 Å². The summed E-state index contributed by atoms with van der Waals surface area (Å²) in [4.78, 5) is 28.5. The summed E-state index contributed by atoms with van der Waals surface area (Å²) in [6.45, 7) is 5.52. The lowest BCUT2D eigenvalue weighted by Gasteiger charge is -2.23. The number of aromatic nitrogens is 1. The molecule has 106 valence electrons. The van der Waals surface area contributed by atoms with E-state index in [4.69, 9.17) is 9.84 Å². The van der Waals surface area contributed by atoms with Crippen molar-refractivity contribution in [2.75, 3.05) is 26.8 Å². The summed E-state index contributed by atoms with van der Waals surface area (Å²) < 4.78 is 4.98. The predicted molar refractivity (Wildman–Crippen MR) is 71.7 cm³/mol. The van der Waals surface area contributed by atoms with Crippen LogP contribution in [0.15, 0.2) is 5.38 Å². The lowest BCUT2D eigenvalue weighted by Crippen LogP contribution is -2.36. The van der Waals surface area contributed by atoms with Gasteiger partial charge in [0.1, 0.15) is 0 Å². The minimum absolute atomic E-state index is 0.0930. The van der Waals surface area contributed by atoms with Crippen LogP contribution in [-0.4, -0.2) is 53.7 Å². The zero-order chi connectivity index (χ0) is 14.4. The molecule has 0 aliphatic carbocycles.